The zero-order valence-electron chi connectivity index (χ0n) is 12.8. The number of aromatic amines is 1. The first kappa shape index (κ1) is 12.9. The van der Waals surface area contributed by atoms with E-state index in [-0.39, 0.29) is 0 Å². The fourth-order valence-electron chi connectivity index (χ4n) is 4.32. The molecule has 2 unspecified atom stereocenters. The van der Waals surface area contributed by atoms with Crippen LogP contribution in [0.2, 0.25) is 0 Å². The third-order valence-corrected chi connectivity index (χ3v) is 5.45. The van der Waals surface area contributed by atoms with Gasteiger partial charge in [0.25, 0.3) is 0 Å². The van der Waals surface area contributed by atoms with E-state index < -0.39 is 0 Å². The van der Waals surface area contributed by atoms with E-state index in [0.29, 0.717) is 6.04 Å². The van der Waals surface area contributed by atoms with Crippen molar-refractivity contribution in [2.45, 2.75) is 45.6 Å². The van der Waals surface area contributed by atoms with E-state index in [1.165, 1.54) is 31.4 Å². The van der Waals surface area contributed by atoms with Crippen LogP contribution in [-0.2, 0) is 12.8 Å². The molecule has 1 aromatic heterocycles. The summed E-state index contributed by atoms with van der Waals surface area (Å²) in [5.74, 6) is 1.51. The maximum absolute atomic E-state index is 4.33. The molecule has 2 aliphatic carbocycles. The van der Waals surface area contributed by atoms with Gasteiger partial charge in [-0.2, -0.15) is 5.10 Å². The molecular formula is C18H23N3. The fraction of sp³-hybridized carbons (Fsp3) is 0.500. The molecule has 21 heavy (non-hydrogen) atoms. The van der Waals surface area contributed by atoms with Crippen LogP contribution in [0, 0.1) is 25.7 Å². The molecule has 2 N–H and O–H groups in total. The molecule has 2 atom stereocenters. The Kier molecular flexibility index (Phi) is 3.02. The van der Waals surface area contributed by atoms with Gasteiger partial charge in [-0.25, -0.2) is 0 Å². The van der Waals surface area contributed by atoms with Crippen LogP contribution in [0.3, 0.4) is 0 Å². The minimum atomic E-state index is 0.590. The lowest BCUT2D eigenvalue weighted by Crippen LogP contribution is -2.31. The highest BCUT2D eigenvalue weighted by Gasteiger charge is 2.39. The third-order valence-electron chi connectivity index (χ3n) is 5.45. The number of hydrogen-bond acceptors (Lipinski definition) is 2. The van der Waals surface area contributed by atoms with Gasteiger partial charge in [-0.3, -0.25) is 5.10 Å². The van der Waals surface area contributed by atoms with Crippen molar-refractivity contribution >= 4 is 5.69 Å². The first-order chi connectivity index (χ1) is 10.2. The molecule has 2 bridgehead atoms. The molecule has 4 rings (SSSR count). The van der Waals surface area contributed by atoms with E-state index in [4.69, 9.17) is 0 Å². The Hall–Kier alpha value is -1.77. The Morgan fingerprint density at radius 1 is 1.05 bits per heavy atom. The smallest absolute Gasteiger partial charge is 0.0825 e. The van der Waals surface area contributed by atoms with Crippen LogP contribution in [0.15, 0.2) is 24.3 Å². The van der Waals surface area contributed by atoms with Crippen molar-refractivity contribution in [2.75, 3.05) is 5.32 Å². The first-order valence-electron chi connectivity index (χ1n) is 8.07. The summed E-state index contributed by atoms with van der Waals surface area (Å²) in [5, 5.41) is 11.3. The predicted molar refractivity (Wildman–Crippen MR) is 85.5 cm³/mol. The first-order valence-corrected chi connectivity index (χ1v) is 8.07. The van der Waals surface area contributed by atoms with Gasteiger partial charge in [0.2, 0.25) is 0 Å². The standard InChI is InChI=1S/C18H23N3/c1-11-17(12(2)21-20-11)19-18-15-7-8-16(18)10-14-6-4-3-5-13(14)9-15/h3-6,15-16,18-19H,7-10H2,1-2H3,(H,20,21). The number of fused-ring (bicyclic) bond motifs is 3. The second kappa shape index (κ2) is 4.90. The Bertz CT molecular complexity index is 606. The van der Waals surface area contributed by atoms with Gasteiger partial charge >= 0.3 is 0 Å². The summed E-state index contributed by atoms with van der Waals surface area (Å²) in [6, 6.07) is 9.60. The molecule has 0 radical (unpaired) electrons. The molecule has 1 saturated carbocycles. The van der Waals surface area contributed by atoms with Gasteiger partial charge in [0.15, 0.2) is 0 Å². The molecule has 3 heteroatoms. The number of rotatable bonds is 2. The quantitative estimate of drug-likeness (QED) is 0.882. The van der Waals surface area contributed by atoms with E-state index in [9.17, 15) is 0 Å². The summed E-state index contributed by atoms with van der Waals surface area (Å²) in [6.07, 6.45) is 5.15. The SMILES string of the molecule is Cc1n[nH]c(C)c1NC1C2CCC1Cc1ccccc1C2. The van der Waals surface area contributed by atoms with Gasteiger partial charge in [0, 0.05) is 6.04 Å². The number of aryl methyl sites for hydroxylation is 2. The average Bonchev–Trinajstić information content (AvgIpc) is 2.92. The van der Waals surface area contributed by atoms with Gasteiger partial charge < -0.3 is 5.32 Å². The fourth-order valence-corrected chi connectivity index (χ4v) is 4.32. The zero-order valence-corrected chi connectivity index (χ0v) is 12.8. The van der Waals surface area contributed by atoms with Gasteiger partial charge in [0.1, 0.15) is 0 Å². The number of nitrogens with one attached hydrogen (secondary N) is 2. The van der Waals surface area contributed by atoms with E-state index in [2.05, 4.69) is 53.6 Å². The highest BCUT2D eigenvalue weighted by atomic mass is 15.2. The van der Waals surface area contributed by atoms with Crippen LogP contribution in [0.5, 0.6) is 0 Å². The normalized spacial score (nSPS) is 27.2. The van der Waals surface area contributed by atoms with E-state index in [1.807, 2.05) is 0 Å². The van der Waals surface area contributed by atoms with Crippen LogP contribution in [-0.4, -0.2) is 16.2 Å². The monoisotopic (exact) mass is 281 g/mol. The number of benzene rings is 1. The van der Waals surface area contributed by atoms with Gasteiger partial charge in [-0.05, 0) is 62.5 Å². The lowest BCUT2D eigenvalue weighted by molar-refractivity contribution is 0.449. The average molecular weight is 281 g/mol. The minimum Gasteiger partial charge on any atom is -0.379 e. The van der Waals surface area contributed by atoms with Gasteiger partial charge in [0.05, 0.1) is 17.1 Å². The van der Waals surface area contributed by atoms with Crippen LogP contribution in [0.1, 0.15) is 35.4 Å². The molecule has 0 saturated heterocycles. The van der Waals surface area contributed by atoms with Crippen molar-refractivity contribution in [2.24, 2.45) is 11.8 Å². The second-order valence-electron chi connectivity index (χ2n) is 6.75. The molecule has 0 spiro atoms. The highest BCUT2D eigenvalue weighted by Crippen LogP contribution is 2.41. The van der Waals surface area contributed by atoms with Crippen LogP contribution >= 0.6 is 0 Å². The molecule has 1 heterocycles. The number of anilines is 1. The van der Waals surface area contributed by atoms with Crippen LogP contribution < -0.4 is 5.32 Å². The summed E-state index contributed by atoms with van der Waals surface area (Å²) in [6.45, 7) is 4.19. The van der Waals surface area contributed by atoms with Crippen molar-refractivity contribution in [3.8, 4) is 0 Å². The van der Waals surface area contributed by atoms with Crippen molar-refractivity contribution in [3.05, 3.63) is 46.8 Å². The zero-order chi connectivity index (χ0) is 14.4. The Morgan fingerprint density at radius 2 is 1.67 bits per heavy atom. The molecule has 2 aromatic rings. The lowest BCUT2D eigenvalue weighted by Gasteiger charge is -2.25. The Balaban J connectivity index is 1.64. The summed E-state index contributed by atoms with van der Waals surface area (Å²) < 4.78 is 0. The van der Waals surface area contributed by atoms with Crippen LogP contribution in [0.4, 0.5) is 5.69 Å². The minimum absolute atomic E-state index is 0.590. The van der Waals surface area contributed by atoms with Crippen molar-refractivity contribution in [1.29, 1.82) is 0 Å². The van der Waals surface area contributed by atoms with E-state index in [0.717, 1.165) is 23.2 Å². The summed E-state index contributed by atoms with van der Waals surface area (Å²) in [4.78, 5) is 0. The molecule has 2 aliphatic rings. The molecular weight excluding hydrogens is 258 g/mol. The number of H-pyrrole nitrogens is 1. The Morgan fingerprint density at radius 3 is 2.19 bits per heavy atom. The van der Waals surface area contributed by atoms with Crippen molar-refractivity contribution in [1.82, 2.24) is 10.2 Å². The topological polar surface area (TPSA) is 40.7 Å². The lowest BCUT2D eigenvalue weighted by atomic mass is 9.94. The highest BCUT2D eigenvalue weighted by molar-refractivity contribution is 5.53. The maximum Gasteiger partial charge on any atom is 0.0825 e. The number of hydrogen-bond donors (Lipinski definition) is 2. The molecule has 110 valence electrons. The van der Waals surface area contributed by atoms with Gasteiger partial charge in [-0.15, -0.1) is 0 Å². The second-order valence-corrected chi connectivity index (χ2v) is 6.75. The van der Waals surface area contributed by atoms with E-state index >= 15 is 0 Å². The number of nitrogens with zero attached hydrogens (tertiary/aromatic N) is 1. The molecule has 0 amide bonds. The molecule has 3 nitrogen and oxygen atoms in total. The summed E-state index contributed by atoms with van der Waals surface area (Å²) in [5.41, 5.74) is 6.61. The molecule has 1 aromatic carbocycles. The van der Waals surface area contributed by atoms with Gasteiger partial charge in [-0.1, -0.05) is 24.3 Å². The van der Waals surface area contributed by atoms with E-state index in [1.54, 1.807) is 11.1 Å². The van der Waals surface area contributed by atoms with Crippen LogP contribution in [0.25, 0.3) is 0 Å². The summed E-state index contributed by atoms with van der Waals surface area (Å²) >= 11 is 0. The van der Waals surface area contributed by atoms with Crippen molar-refractivity contribution in [3.63, 3.8) is 0 Å². The maximum atomic E-state index is 4.33. The largest absolute Gasteiger partial charge is 0.379 e. The van der Waals surface area contributed by atoms with Crippen molar-refractivity contribution < 1.29 is 0 Å². The molecule has 1 fully saturated rings. The molecule has 0 aliphatic heterocycles. The Labute approximate surface area is 126 Å². The predicted octanol–water partition coefficient (Wildman–Crippen LogP) is 3.63. The third kappa shape index (κ3) is 2.15. The number of aromatic nitrogens is 2. The summed E-state index contributed by atoms with van der Waals surface area (Å²) in [7, 11) is 0.